The lowest BCUT2D eigenvalue weighted by molar-refractivity contribution is 0.163. The summed E-state index contributed by atoms with van der Waals surface area (Å²) in [6, 6.07) is 6.22. The molecular formula is C15H23N3O. The van der Waals surface area contributed by atoms with E-state index in [1.807, 2.05) is 0 Å². The number of urea groups is 1. The first kappa shape index (κ1) is 13.9. The average Bonchev–Trinajstić information content (AvgIpc) is 2.33. The summed E-state index contributed by atoms with van der Waals surface area (Å²) in [5.41, 5.74) is 15.3. The summed E-state index contributed by atoms with van der Waals surface area (Å²) in [7, 11) is 0. The van der Waals surface area contributed by atoms with Crippen LogP contribution in [0.15, 0.2) is 18.2 Å². The molecule has 19 heavy (non-hydrogen) atoms. The molecule has 1 aromatic carbocycles. The third-order valence-electron chi connectivity index (χ3n) is 3.98. The number of benzene rings is 1. The monoisotopic (exact) mass is 261 g/mol. The third kappa shape index (κ3) is 3.47. The van der Waals surface area contributed by atoms with Crippen LogP contribution in [-0.4, -0.2) is 30.1 Å². The number of amides is 2. The highest BCUT2D eigenvalue weighted by atomic mass is 16.2. The molecule has 2 atom stereocenters. The quantitative estimate of drug-likeness (QED) is 0.848. The summed E-state index contributed by atoms with van der Waals surface area (Å²) < 4.78 is 0. The van der Waals surface area contributed by atoms with Crippen molar-refractivity contribution in [1.82, 2.24) is 4.90 Å². The van der Waals surface area contributed by atoms with E-state index in [1.54, 1.807) is 4.90 Å². The Morgan fingerprint density at radius 1 is 1.32 bits per heavy atom. The molecular weight excluding hydrogens is 238 g/mol. The van der Waals surface area contributed by atoms with Gasteiger partial charge in [-0.05, 0) is 49.3 Å². The van der Waals surface area contributed by atoms with Gasteiger partial charge in [-0.25, -0.2) is 4.79 Å². The van der Waals surface area contributed by atoms with Crippen LogP contribution in [-0.2, 0) is 6.42 Å². The fourth-order valence-corrected chi connectivity index (χ4v) is 2.84. The van der Waals surface area contributed by atoms with Gasteiger partial charge in [-0.3, -0.25) is 0 Å². The molecule has 0 aromatic heterocycles. The van der Waals surface area contributed by atoms with E-state index in [-0.39, 0.29) is 12.1 Å². The van der Waals surface area contributed by atoms with Crippen molar-refractivity contribution in [1.29, 1.82) is 0 Å². The topological polar surface area (TPSA) is 72.3 Å². The molecule has 1 aromatic rings. The van der Waals surface area contributed by atoms with Gasteiger partial charge in [0.05, 0.1) is 0 Å². The van der Waals surface area contributed by atoms with E-state index in [0.717, 1.165) is 19.4 Å². The van der Waals surface area contributed by atoms with Crippen LogP contribution in [0.1, 0.15) is 23.1 Å². The highest BCUT2D eigenvalue weighted by molar-refractivity contribution is 5.72. The van der Waals surface area contributed by atoms with Crippen LogP contribution >= 0.6 is 0 Å². The second-order valence-electron chi connectivity index (χ2n) is 5.73. The van der Waals surface area contributed by atoms with Crippen molar-refractivity contribution in [3.8, 4) is 0 Å². The zero-order valence-corrected chi connectivity index (χ0v) is 11.7. The molecule has 1 heterocycles. The van der Waals surface area contributed by atoms with E-state index in [0.29, 0.717) is 12.5 Å². The number of nitrogens with two attached hydrogens (primary N) is 2. The number of carbonyl (C=O) groups is 1. The third-order valence-corrected chi connectivity index (χ3v) is 3.98. The molecule has 1 aliphatic rings. The second kappa shape index (κ2) is 5.61. The molecule has 4 nitrogen and oxygen atoms in total. The van der Waals surface area contributed by atoms with Crippen LogP contribution in [0.5, 0.6) is 0 Å². The smallest absolute Gasteiger partial charge is 0.314 e. The maximum Gasteiger partial charge on any atom is 0.314 e. The molecule has 0 spiro atoms. The van der Waals surface area contributed by atoms with Crippen LogP contribution in [0.3, 0.4) is 0 Å². The van der Waals surface area contributed by atoms with Crippen molar-refractivity contribution in [2.75, 3.05) is 13.1 Å². The summed E-state index contributed by atoms with van der Waals surface area (Å²) in [6.45, 7) is 5.54. The van der Waals surface area contributed by atoms with E-state index >= 15 is 0 Å². The highest BCUT2D eigenvalue weighted by Crippen LogP contribution is 2.21. The van der Waals surface area contributed by atoms with Crippen LogP contribution in [0.2, 0.25) is 0 Å². The van der Waals surface area contributed by atoms with Crippen molar-refractivity contribution in [3.63, 3.8) is 0 Å². The van der Waals surface area contributed by atoms with Crippen molar-refractivity contribution in [3.05, 3.63) is 34.9 Å². The van der Waals surface area contributed by atoms with Gasteiger partial charge in [-0.15, -0.1) is 0 Å². The van der Waals surface area contributed by atoms with Gasteiger partial charge in [0.1, 0.15) is 0 Å². The number of piperidine rings is 1. The van der Waals surface area contributed by atoms with Gasteiger partial charge in [0.15, 0.2) is 0 Å². The maximum atomic E-state index is 11.3. The minimum atomic E-state index is -0.361. The van der Waals surface area contributed by atoms with Gasteiger partial charge >= 0.3 is 6.03 Å². The molecule has 0 radical (unpaired) electrons. The molecule has 1 aliphatic heterocycles. The van der Waals surface area contributed by atoms with Gasteiger partial charge in [0.25, 0.3) is 0 Å². The molecule has 104 valence electrons. The minimum absolute atomic E-state index is 0.0396. The Labute approximate surface area is 114 Å². The molecule has 4 N–H and O–H groups in total. The maximum absolute atomic E-state index is 11.3. The second-order valence-corrected chi connectivity index (χ2v) is 5.73. The van der Waals surface area contributed by atoms with Crippen molar-refractivity contribution >= 4 is 6.03 Å². The van der Waals surface area contributed by atoms with Gasteiger partial charge in [0, 0.05) is 19.1 Å². The Morgan fingerprint density at radius 3 is 2.68 bits per heavy atom. The Balaban J connectivity index is 2.05. The van der Waals surface area contributed by atoms with Crippen molar-refractivity contribution in [2.24, 2.45) is 17.4 Å². The largest absolute Gasteiger partial charge is 0.351 e. The lowest BCUT2D eigenvalue weighted by atomic mass is 9.88. The van der Waals surface area contributed by atoms with Crippen molar-refractivity contribution in [2.45, 2.75) is 32.7 Å². The Bertz CT molecular complexity index is 472. The SMILES string of the molecule is Cc1ccc(CC2CC(N)CN(C(N)=O)C2)cc1C. The predicted octanol–water partition coefficient (Wildman–Crippen LogP) is 1.57. The molecule has 2 amide bonds. The Morgan fingerprint density at radius 2 is 2.05 bits per heavy atom. The molecule has 2 rings (SSSR count). The molecule has 4 heteroatoms. The number of carbonyl (C=O) groups excluding carboxylic acids is 1. The predicted molar refractivity (Wildman–Crippen MR) is 76.9 cm³/mol. The van der Waals surface area contributed by atoms with Crippen molar-refractivity contribution < 1.29 is 4.79 Å². The Kier molecular flexibility index (Phi) is 4.10. The number of nitrogens with zero attached hydrogens (tertiary/aromatic N) is 1. The van der Waals surface area contributed by atoms with Crippen LogP contribution < -0.4 is 11.5 Å². The zero-order valence-electron chi connectivity index (χ0n) is 11.7. The summed E-state index contributed by atoms with van der Waals surface area (Å²) in [5, 5.41) is 0. The zero-order chi connectivity index (χ0) is 14.0. The van der Waals surface area contributed by atoms with E-state index in [4.69, 9.17) is 11.5 Å². The summed E-state index contributed by atoms with van der Waals surface area (Å²) >= 11 is 0. The lowest BCUT2D eigenvalue weighted by Crippen LogP contribution is -2.51. The van der Waals surface area contributed by atoms with E-state index in [1.165, 1.54) is 16.7 Å². The number of likely N-dealkylation sites (tertiary alicyclic amines) is 1. The van der Waals surface area contributed by atoms with Gasteiger partial charge in [0.2, 0.25) is 0 Å². The highest BCUT2D eigenvalue weighted by Gasteiger charge is 2.27. The first-order valence-electron chi connectivity index (χ1n) is 6.82. The van der Waals surface area contributed by atoms with Crippen LogP contribution in [0, 0.1) is 19.8 Å². The number of rotatable bonds is 2. The first-order chi connectivity index (χ1) is 8.95. The van der Waals surface area contributed by atoms with E-state index < -0.39 is 0 Å². The fraction of sp³-hybridized carbons (Fsp3) is 0.533. The summed E-state index contributed by atoms with van der Waals surface area (Å²) in [6.07, 6.45) is 1.91. The fourth-order valence-electron chi connectivity index (χ4n) is 2.84. The van der Waals surface area contributed by atoms with E-state index in [9.17, 15) is 4.79 Å². The molecule has 0 saturated carbocycles. The molecule has 0 aliphatic carbocycles. The van der Waals surface area contributed by atoms with Crippen LogP contribution in [0.25, 0.3) is 0 Å². The molecule has 0 bridgehead atoms. The number of primary amides is 1. The number of hydrogen-bond donors (Lipinski definition) is 2. The van der Waals surface area contributed by atoms with Crippen LogP contribution in [0.4, 0.5) is 4.79 Å². The van der Waals surface area contributed by atoms with Gasteiger partial charge in [-0.1, -0.05) is 18.2 Å². The number of hydrogen-bond acceptors (Lipinski definition) is 2. The average molecular weight is 261 g/mol. The normalized spacial score (nSPS) is 23.4. The van der Waals surface area contributed by atoms with Gasteiger partial charge < -0.3 is 16.4 Å². The minimum Gasteiger partial charge on any atom is -0.351 e. The lowest BCUT2D eigenvalue weighted by Gasteiger charge is -2.35. The standard InChI is InChI=1S/C15H23N3O/c1-10-3-4-12(5-11(10)2)6-13-7-14(16)9-18(8-13)15(17)19/h3-5,13-14H,6-9,16H2,1-2H3,(H2,17,19). The van der Waals surface area contributed by atoms with E-state index in [2.05, 4.69) is 32.0 Å². The molecule has 1 fully saturated rings. The molecule has 2 unspecified atom stereocenters. The summed E-state index contributed by atoms with van der Waals surface area (Å²) in [5.74, 6) is 0.401. The van der Waals surface area contributed by atoms with Gasteiger partial charge in [-0.2, -0.15) is 0 Å². The molecule has 1 saturated heterocycles. The number of aryl methyl sites for hydroxylation is 2. The first-order valence-corrected chi connectivity index (χ1v) is 6.82. The Hall–Kier alpha value is -1.55. The summed E-state index contributed by atoms with van der Waals surface area (Å²) in [4.78, 5) is 13.0.